The van der Waals surface area contributed by atoms with Gasteiger partial charge in [0.15, 0.2) is 0 Å². The van der Waals surface area contributed by atoms with Crippen LogP contribution in [0.15, 0.2) is 22.8 Å². The van der Waals surface area contributed by atoms with Gasteiger partial charge in [-0.2, -0.15) is 0 Å². The topological polar surface area (TPSA) is 26.0 Å². The van der Waals surface area contributed by atoms with Crippen molar-refractivity contribution in [2.45, 2.75) is 66.2 Å². The predicted octanol–water partition coefficient (Wildman–Crippen LogP) is 7.25. The van der Waals surface area contributed by atoms with Crippen LogP contribution < -0.4 is 0 Å². The number of hydrogen-bond acceptors (Lipinski definition) is 3. The maximum atomic E-state index is 5.97. The van der Waals surface area contributed by atoms with Gasteiger partial charge in [0.1, 0.15) is 10.6 Å². The number of furan rings is 1. The van der Waals surface area contributed by atoms with E-state index in [1.165, 1.54) is 52.7 Å². The molecule has 0 radical (unpaired) electrons. The molecule has 2 unspecified atom stereocenters. The van der Waals surface area contributed by atoms with Crippen LogP contribution in [0.3, 0.4) is 0 Å². The van der Waals surface area contributed by atoms with E-state index in [-0.39, 0.29) is 12.4 Å². The van der Waals surface area contributed by atoms with Crippen LogP contribution in [0.4, 0.5) is 0 Å². The molecule has 0 N–H and O–H groups in total. The SMILES string of the molecule is CC1CCc2c(sc3nc4c(c(-c5ccco5)c23)CC(C(C)(C)C)CC4)C1.Cl. The normalized spacial score (nSPS) is 21.9. The Morgan fingerprint density at radius 1 is 1.11 bits per heavy atom. The zero-order valence-electron chi connectivity index (χ0n) is 17.3. The standard InChI is InChI=1S/C24H29NOS.ClH/c1-14-7-9-16-20(12-14)27-23-22(16)21(19-6-5-11-26-19)17-13-15(24(2,3)4)8-10-18(17)25-23;/h5-6,11,14-15H,7-10,12-13H2,1-4H3;1H. The lowest BCUT2D eigenvalue weighted by molar-refractivity contribution is 0.215. The van der Waals surface area contributed by atoms with Gasteiger partial charge in [0, 0.05) is 21.5 Å². The Balaban J connectivity index is 0.00000192. The maximum Gasteiger partial charge on any atom is 0.134 e. The first-order valence-corrected chi connectivity index (χ1v) is 11.2. The minimum Gasteiger partial charge on any atom is -0.464 e. The van der Waals surface area contributed by atoms with E-state index in [0.29, 0.717) is 11.3 Å². The van der Waals surface area contributed by atoms with Crippen LogP contribution in [0.5, 0.6) is 0 Å². The molecule has 0 fully saturated rings. The fourth-order valence-corrected chi connectivity index (χ4v) is 6.49. The van der Waals surface area contributed by atoms with Crippen LogP contribution in [-0.4, -0.2) is 4.98 Å². The summed E-state index contributed by atoms with van der Waals surface area (Å²) < 4.78 is 5.97. The molecule has 0 aliphatic heterocycles. The van der Waals surface area contributed by atoms with E-state index < -0.39 is 0 Å². The van der Waals surface area contributed by atoms with Crippen molar-refractivity contribution in [3.63, 3.8) is 0 Å². The second kappa shape index (κ2) is 7.18. The molecule has 2 aliphatic rings. The van der Waals surface area contributed by atoms with Crippen LogP contribution in [0.1, 0.15) is 62.2 Å². The van der Waals surface area contributed by atoms with E-state index in [1.807, 2.05) is 23.7 Å². The third-order valence-corrected chi connectivity index (χ3v) is 7.95. The second-order valence-electron chi connectivity index (χ2n) is 9.73. The van der Waals surface area contributed by atoms with Crippen molar-refractivity contribution in [3.05, 3.63) is 40.1 Å². The van der Waals surface area contributed by atoms with Gasteiger partial charge in [-0.1, -0.05) is 27.7 Å². The molecule has 4 heteroatoms. The molecule has 150 valence electrons. The number of nitrogens with zero attached hydrogens (tertiary/aromatic N) is 1. The Morgan fingerprint density at radius 2 is 1.93 bits per heavy atom. The molecule has 0 aromatic carbocycles. The van der Waals surface area contributed by atoms with Crippen LogP contribution in [0.25, 0.3) is 21.5 Å². The number of aryl methyl sites for hydroxylation is 2. The molecule has 2 nitrogen and oxygen atoms in total. The molecule has 0 saturated carbocycles. The number of halogens is 1. The van der Waals surface area contributed by atoms with Crippen LogP contribution in [0.2, 0.25) is 0 Å². The molecule has 0 amide bonds. The fourth-order valence-electron chi connectivity index (χ4n) is 5.08. The first-order chi connectivity index (χ1) is 12.9. The van der Waals surface area contributed by atoms with Gasteiger partial charge in [0.25, 0.3) is 0 Å². The average molecular weight is 416 g/mol. The van der Waals surface area contributed by atoms with Gasteiger partial charge in [-0.15, -0.1) is 23.7 Å². The summed E-state index contributed by atoms with van der Waals surface area (Å²) in [5.74, 6) is 2.53. The maximum absolute atomic E-state index is 5.97. The summed E-state index contributed by atoms with van der Waals surface area (Å²) in [5.41, 5.74) is 6.04. The number of fused-ring (bicyclic) bond motifs is 4. The third kappa shape index (κ3) is 3.21. The lowest BCUT2D eigenvalue weighted by Crippen LogP contribution is -2.27. The lowest BCUT2D eigenvalue weighted by atomic mass is 9.70. The summed E-state index contributed by atoms with van der Waals surface area (Å²) >= 11 is 1.94. The van der Waals surface area contributed by atoms with Crippen molar-refractivity contribution in [3.8, 4) is 11.3 Å². The highest BCUT2D eigenvalue weighted by Crippen LogP contribution is 2.47. The molecule has 0 spiro atoms. The van der Waals surface area contributed by atoms with Crippen molar-refractivity contribution in [1.29, 1.82) is 0 Å². The Labute approximate surface area is 178 Å². The molecule has 0 saturated heterocycles. The van der Waals surface area contributed by atoms with Crippen molar-refractivity contribution < 1.29 is 4.42 Å². The van der Waals surface area contributed by atoms with E-state index >= 15 is 0 Å². The van der Waals surface area contributed by atoms with Crippen LogP contribution in [0, 0.1) is 17.3 Å². The Morgan fingerprint density at radius 3 is 2.64 bits per heavy atom. The van der Waals surface area contributed by atoms with E-state index in [1.54, 1.807) is 10.4 Å². The molecule has 2 atom stereocenters. The first-order valence-electron chi connectivity index (χ1n) is 10.4. The number of aromatic nitrogens is 1. The summed E-state index contributed by atoms with van der Waals surface area (Å²) in [5, 5.41) is 1.41. The van der Waals surface area contributed by atoms with Crippen molar-refractivity contribution >= 4 is 34.0 Å². The third-order valence-electron chi connectivity index (χ3n) is 6.80. The zero-order valence-corrected chi connectivity index (χ0v) is 18.9. The van der Waals surface area contributed by atoms with Gasteiger partial charge in [-0.05, 0) is 79.0 Å². The second-order valence-corrected chi connectivity index (χ2v) is 10.8. The Kier molecular flexibility index (Phi) is 5.12. The van der Waals surface area contributed by atoms with Gasteiger partial charge < -0.3 is 4.42 Å². The minimum absolute atomic E-state index is 0. The highest BCUT2D eigenvalue weighted by Gasteiger charge is 2.34. The van der Waals surface area contributed by atoms with Gasteiger partial charge in [-0.25, -0.2) is 4.98 Å². The number of rotatable bonds is 1. The van der Waals surface area contributed by atoms with Gasteiger partial charge >= 0.3 is 0 Å². The Hall–Kier alpha value is -1.32. The molecule has 28 heavy (non-hydrogen) atoms. The molecule has 3 heterocycles. The van der Waals surface area contributed by atoms with Crippen molar-refractivity contribution in [1.82, 2.24) is 4.98 Å². The summed E-state index contributed by atoms with van der Waals surface area (Å²) in [6.07, 6.45) is 8.97. The molecular formula is C24H30ClNOS. The summed E-state index contributed by atoms with van der Waals surface area (Å²) in [4.78, 5) is 8.02. The van der Waals surface area contributed by atoms with E-state index in [9.17, 15) is 0 Å². The van der Waals surface area contributed by atoms with Crippen LogP contribution in [-0.2, 0) is 25.7 Å². The summed E-state index contributed by atoms with van der Waals surface area (Å²) in [6.45, 7) is 9.53. The molecule has 5 rings (SSSR count). The van der Waals surface area contributed by atoms with Gasteiger partial charge in [0.2, 0.25) is 0 Å². The minimum atomic E-state index is 0. The average Bonchev–Trinajstić information content (AvgIpc) is 3.25. The molecule has 3 aromatic heterocycles. The number of thiophene rings is 1. The van der Waals surface area contributed by atoms with Crippen molar-refractivity contribution in [2.24, 2.45) is 17.3 Å². The summed E-state index contributed by atoms with van der Waals surface area (Å²) in [7, 11) is 0. The van der Waals surface area contributed by atoms with Gasteiger partial charge in [-0.3, -0.25) is 0 Å². The monoisotopic (exact) mass is 415 g/mol. The lowest BCUT2D eigenvalue weighted by Gasteiger charge is -2.35. The smallest absolute Gasteiger partial charge is 0.134 e. The zero-order chi connectivity index (χ0) is 18.8. The van der Waals surface area contributed by atoms with Crippen LogP contribution >= 0.6 is 23.7 Å². The first kappa shape index (κ1) is 20.0. The largest absolute Gasteiger partial charge is 0.464 e. The predicted molar refractivity (Wildman–Crippen MR) is 121 cm³/mol. The van der Waals surface area contributed by atoms with E-state index in [4.69, 9.17) is 9.40 Å². The number of hydrogen-bond donors (Lipinski definition) is 0. The molecule has 2 aliphatic carbocycles. The highest BCUT2D eigenvalue weighted by atomic mass is 35.5. The van der Waals surface area contributed by atoms with Gasteiger partial charge in [0.05, 0.1) is 6.26 Å². The molecular weight excluding hydrogens is 386 g/mol. The highest BCUT2D eigenvalue weighted by molar-refractivity contribution is 7.19. The number of pyridine rings is 1. The van der Waals surface area contributed by atoms with Crippen molar-refractivity contribution in [2.75, 3.05) is 0 Å². The molecule has 3 aromatic rings. The van der Waals surface area contributed by atoms with E-state index in [0.717, 1.165) is 24.5 Å². The quantitative estimate of drug-likeness (QED) is 0.418. The van der Waals surface area contributed by atoms with E-state index in [2.05, 4.69) is 33.8 Å². The molecule has 0 bridgehead atoms. The Bertz CT molecular complexity index is 996. The summed E-state index contributed by atoms with van der Waals surface area (Å²) in [6, 6.07) is 4.17. The fraction of sp³-hybridized carbons (Fsp3) is 0.542.